The molecule has 1 rings (SSSR count). The first kappa shape index (κ1) is 25.0. The number of unbranched alkanes of at least 4 members (excludes halogenated alkanes) is 1. The summed E-state index contributed by atoms with van der Waals surface area (Å²) < 4.78 is 14.8. The van der Waals surface area contributed by atoms with E-state index in [0.717, 1.165) is 12.8 Å². The molecule has 6 nitrogen and oxygen atoms in total. The molecular formula is C13H18NNa2O5P. The van der Waals surface area contributed by atoms with Gasteiger partial charge in [0.25, 0.3) is 0 Å². The fourth-order valence-electron chi connectivity index (χ4n) is 1.68. The Morgan fingerprint density at radius 1 is 1.27 bits per heavy atom. The van der Waals surface area contributed by atoms with Crippen molar-refractivity contribution in [3.8, 4) is 0 Å². The predicted molar refractivity (Wildman–Crippen MR) is 70.4 cm³/mol. The molecule has 9 heteroatoms. The normalized spacial score (nSPS) is 11.8. The molecular weight excluding hydrogens is 327 g/mol. The summed E-state index contributed by atoms with van der Waals surface area (Å²) in [6.07, 6.45) is 1.98. The largest absolute Gasteiger partial charge is 1.00 e. The van der Waals surface area contributed by atoms with Gasteiger partial charge >= 0.3 is 59.1 Å². The van der Waals surface area contributed by atoms with Crippen LogP contribution >= 0.6 is 7.82 Å². The van der Waals surface area contributed by atoms with Crippen molar-refractivity contribution in [2.45, 2.75) is 32.2 Å². The summed E-state index contributed by atoms with van der Waals surface area (Å²) >= 11 is 0. The first-order chi connectivity index (χ1) is 9.42. The maximum Gasteiger partial charge on any atom is 1.00 e. The number of amides is 1. The molecule has 1 amide bonds. The molecule has 1 N–H and O–H groups in total. The second-order valence-corrected chi connectivity index (χ2v) is 5.53. The van der Waals surface area contributed by atoms with Gasteiger partial charge in [-0.3, -0.25) is 4.79 Å². The van der Waals surface area contributed by atoms with E-state index in [4.69, 9.17) is 0 Å². The van der Waals surface area contributed by atoms with E-state index in [1.54, 1.807) is 30.3 Å². The average molecular weight is 345 g/mol. The molecule has 0 radical (unpaired) electrons. The van der Waals surface area contributed by atoms with Crippen molar-refractivity contribution >= 4 is 13.7 Å². The van der Waals surface area contributed by atoms with Gasteiger partial charge in [0.15, 0.2) is 0 Å². The molecule has 0 aliphatic rings. The minimum atomic E-state index is -5.06. The molecule has 112 valence electrons. The summed E-state index contributed by atoms with van der Waals surface area (Å²) in [5.41, 5.74) is 0.686. The second-order valence-electron chi connectivity index (χ2n) is 4.38. The summed E-state index contributed by atoms with van der Waals surface area (Å²) in [7, 11) is -5.06. The molecule has 0 saturated carbocycles. The number of carbonyl (C=O) groups is 1. The fraction of sp³-hybridized carbons (Fsp3) is 0.462. The van der Waals surface area contributed by atoms with Crippen LogP contribution in [0.25, 0.3) is 0 Å². The number of phosphoric acid groups is 1. The molecule has 1 aromatic rings. The first-order valence-corrected chi connectivity index (χ1v) is 7.89. The van der Waals surface area contributed by atoms with E-state index < -0.39 is 20.5 Å². The van der Waals surface area contributed by atoms with Crippen LogP contribution in [0.1, 0.15) is 37.8 Å². The van der Waals surface area contributed by atoms with Crippen LogP contribution in [0, 0.1) is 0 Å². The van der Waals surface area contributed by atoms with Gasteiger partial charge in [-0.15, -0.1) is 0 Å². The summed E-state index contributed by atoms with van der Waals surface area (Å²) in [6, 6.07) is 8.12. The standard InChI is InChI=1S/C13H20NO5P.2Na/c1-2-3-9-13(15)14-12(10-19-20(16,17)18)11-7-5-4-6-8-11;;/h4-8,12H,2-3,9-10H2,1H3,(H,14,15)(H2,16,17,18);;/q;2*+1/p-2/t12-;;/m0../s1. The number of rotatable bonds is 8. The van der Waals surface area contributed by atoms with E-state index in [0.29, 0.717) is 12.0 Å². The van der Waals surface area contributed by atoms with Crippen LogP contribution in [0.15, 0.2) is 30.3 Å². The zero-order chi connectivity index (χ0) is 15.0. The third-order valence-electron chi connectivity index (χ3n) is 2.69. The Hall–Kier alpha value is 0.800. The monoisotopic (exact) mass is 345 g/mol. The molecule has 0 aromatic heterocycles. The molecule has 0 saturated heterocycles. The van der Waals surface area contributed by atoms with E-state index in [2.05, 4.69) is 9.84 Å². The number of phosphoric ester groups is 1. The number of nitrogens with one attached hydrogen (secondary N) is 1. The van der Waals surface area contributed by atoms with Crippen molar-refractivity contribution < 1.29 is 82.8 Å². The Morgan fingerprint density at radius 2 is 1.86 bits per heavy atom. The average Bonchev–Trinajstić information content (AvgIpc) is 2.41. The Kier molecular flexibility index (Phi) is 14.9. The topological polar surface area (TPSA) is 102 Å². The smallest absolute Gasteiger partial charge is 0.790 e. The molecule has 22 heavy (non-hydrogen) atoms. The first-order valence-electron chi connectivity index (χ1n) is 6.43. The van der Waals surface area contributed by atoms with Crippen molar-refractivity contribution in [1.82, 2.24) is 5.32 Å². The molecule has 0 bridgehead atoms. The number of hydrogen-bond donors (Lipinski definition) is 1. The zero-order valence-corrected chi connectivity index (χ0v) is 18.2. The zero-order valence-electron chi connectivity index (χ0n) is 13.3. The molecule has 1 aromatic carbocycles. The van der Waals surface area contributed by atoms with Crippen molar-refractivity contribution in [3.05, 3.63) is 35.9 Å². The molecule has 0 aliphatic heterocycles. The van der Waals surface area contributed by atoms with Crippen molar-refractivity contribution in [1.29, 1.82) is 0 Å². The third-order valence-corrected chi connectivity index (χ3v) is 3.16. The van der Waals surface area contributed by atoms with Gasteiger partial charge in [0.2, 0.25) is 5.91 Å². The molecule has 0 fully saturated rings. The van der Waals surface area contributed by atoms with Crippen LogP contribution < -0.4 is 74.2 Å². The van der Waals surface area contributed by atoms with Gasteiger partial charge in [0.1, 0.15) is 0 Å². The van der Waals surface area contributed by atoms with Crippen LogP contribution in [-0.2, 0) is 13.9 Å². The van der Waals surface area contributed by atoms with E-state index in [1.165, 1.54) is 0 Å². The van der Waals surface area contributed by atoms with Crippen molar-refractivity contribution in [2.75, 3.05) is 6.61 Å². The molecule has 0 unspecified atom stereocenters. The minimum absolute atomic E-state index is 0. The van der Waals surface area contributed by atoms with E-state index in [1.807, 2.05) is 6.92 Å². The van der Waals surface area contributed by atoms with E-state index >= 15 is 0 Å². The van der Waals surface area contributed by atoms with Gasteiger partial charge in [0.05, 0.1) is 20.5 Å². The van der Waals surface area contributed by atoms with Crippen LogP contribution in [0.2, 0.25) is 0 Å². The van der Waals surface area contributed by atoms with E-state index in [9.17, 15) is 19.1 Å². The summed E-state index contributed by atoms with van der Waals surface area (Å²) in [6.45, 7) is 1.57. The van der Waals surface area contributed by atoms with Crippen LogP contribution in [0.4, 0.5) is 0 Å². The minimum Gasteiger partial charge on any atom is -0.790 e. The Bertz CT molecular complexity index is 469. The number of benzene rings is 1. The quantitative estimate of drug-likeness (QED) is 0.375. The molecule has 1 atom stereocenters. The van der Waals surface area contributed by atoms with Crippen LogP contribution in [-0.4, -0.2) is 12.5 Å². The Labute approximate surface area is 175 Å². The summed E-state index contributed by atoms with van der Waals surface area (Å²) in [5.74, 6) is -0.198. The Morgan fingerprint density at radius 3 is 2.36 bits per heavy atom. The van der Waals surface area contributed by atoms with Crippen molar-refractivity contribution in [2.24, 2.45) is 0 Å². The Balaban J connectivity index is 0. The van der Waals surface area contributed by atoms with Gasteiger partial charge < -0.3 is 24.2 Å². The van der Waals surface area contributed by atoms with Crippen molar-refractivity contribution in [3.63, 3.8) is 0 Å². The van der Waals surface area contributed by atoms with Gasteiger partial charge in [-0.1, -0.05) is 43.7 Å². The fourth-order valence-corrected chi connectivity index (χ4v) is 2.01. The molecule has 0 aliphatic carbocycles. The van der Waals surface area contributed by atoms with E-state index in [-0.39, 0.29) is 65.0 Å². The predicted octanol–water partition coefficient (Wildman–Crippen LogP) is -5.11. The maximum atomic E-state index is 11.7. The number of carbonyl (C=O) groups excluding carboxylic acids is 1. The van der Waals surface area contributed by atoms with Gasteiger partial charge in [-0.05, 0) is 12.0 Å². The maximum absolute atomic E-state index is 11.7. The van der Waals surface area contributed by atoms with Crippen LogP contribution in [0.3, 0.4) is 0 Å². The summed E-state index contributed by atoms with van der Waals surface area (Å²) in [4.78, 5) is 32.8. The number of hydrogen-bond acceptors (Lipinski definition) is 5. The SMILES string of the molecule is CCCCC(=O)N[C@@H](COP(=O)([O-])[O-])c1ccccc1.[Na+].[Na+]. The summed E-state index contributed by atoms with van der Waals surface area (Å²) in [5, 5.41) is 2.68. The van der Waals surface area contributed by atoms with Gasteiger partial charge in [-0.25, -0.2) is 0 Å². The van der Waals surface area contributed by atoms with Crippen LogP contribution in [0.5, 0.6) is 0 Å². The van der Waals surface area contributed by atoms with Gasteiger partial charge in [0, 0.05) is 6.42 Å². The molecule has 0 spiro atoms. The van der Waals surface area contributed by atoms with Gasteiger partial charge in [-0.2, -0.15) is 0 Å². The third kappa shape index (κ3) is 11.4. The second kappa shape index (κ2) is 13.1. The molecule has 0 heterocycles.